The highest BCUT2D eigenvalue weighted by Gasteiger charge is 1.90. The molecule has 0 unspecified atom stereocenters. The average molecular weight is 204 g/mol. The van der Waals surface area contributed by atoms with Crippen LogP contribution in [0.25, 0.3) is 11.0 Å². The van der Waals surface area contributed by atoms with Gasteiger partial charge < -0.3 is 0 Å². The van der Waals surface area contributed by atoms with Gasteiger partial charge in [-0.1, -0.05) is 12.1 Å². The van der Waals surface area contributed by atoms with Crippen LogP contribution in [-0.4, -0.2) is 20.4 Å². The van der Waals surface area contributed by atoms with E-state index in [0.29, 0.717) is 0 Å². The molecule has 0 fully saturated rings. The predicted octanol–water partition coefficient (Wildman–Crippen LogP) is 2.10. The van der Waals surface area contributed by atoms with E-state index < -0.39 is 0 Å². The highest BCUT2D eigenvalue weighted by Crippen LogP contribution is 2.03. The number of hydrogen-bond acceptors (Lipinski definition) is 4. The molecule has 5 heteroatoms. The Bertz CT molecular complexity index is 427. The molecule has 2 heterocycles. The Morgan fingerprint density at radius 1 is 1.07 bits per heavy atom. The fraction of sp³-hybridized carbons (Fsp3) is 0. The van der Waals surface area contributed by atoms with Crippen molar-refractivity contribution in [2.45, 2.75) is 0 Å². The number of H-pyrrole nitrogens is 1. The quantitative estimate of drug-likeness (QED) is 0.610. The van der Waals surface area contributed by atoms with Crippen LogP contribution in [0, 0.1) is 0 Å². The molecule has 0 aliphatic carbocycles. The van der Waals surface area contributed by atoms with Gasteiger partial charge in [-0.15, -0.1) is 11.3 Å². The number of thiazole rings is 1. The maximum atomic E-state index is 3.88. The lowest BCUT2D eigenvalue weighted by molar-refractivity contribution is 0.959. The Kier molecular flexibility index (Phi) is 2.82. The Balaban J connectivity index is 0.000000128. The maximum absolute atomic E-state index is 3.88. The highest BCUT2D eigenvalue weighted by molar-refractivity contribution is 7.07. The number of fused-ring (bicyclic) bond motifs is 1. The van der Waals surface area contributed by atoms with Crippen molar-refractivity contribution in [2.75, 3.05) is 0 Å². The molecule has 3 aromatic rings. The topological polar surface area (TPSA) is 54.5 Å². The first-order valence-corrected chi connectivity index (χ1v) is 4.99. The van der Waals surface area contributed by atoms with E-state index in [2.05, 4.69) is 20.4 Å². The van der Waals surface area contributed by atoms with Gasteiger partial charge in [0.05, 0.1) is 5.51 Å². The lowest BCUT2D eigenvalue weighted by Gasteiger charge is -1.78. The molecule has 4 nitrogen and oxygen atoms in total. The minimum Gasteiger partial charge on any atom is -0.253 e. The smallest absolute Gasteiger partial charge is 0.112 e. The Hall–Kier alpha value is -1.75. The number of aromatic nitrogens is 4. The van der Waals surface area contributed by atoms with E-state index in [0.717, 1.165) is 11.0 Å². The molecule has 0 amide bonds. The van der Waals surface area contributed by atoms with Crippen LogP contribution in [-0.2, 0) is 0 Å². The normalized spacial score (nSPS) is 9.43. The van der Waals surface area contributed by atoms with E-state index in [9.17, 15) is 0 Å². The van der Waals surface area contributed by atoms with Crippen molar-refractivity contribution in [1.82, 2.24) is 20.4 Å². The summed E-state index contributed by atoms with van der Waals surface area (Å²) in [5.41, 5.74) is 3.62. The number of rotatable bonds is 0. The highest BCUT2D eigenvalue weighted by atomic mass is 32.1. The molecular formula is C9H8N4S. The van der Waals surface area contributed by atoms with E-state index in [1.54, 1.807) is 23.0 Å². The van der Waals surface area contributed by atoms with Crippen molar-refractivity contribution in [3.63, 3.8) is 0 Å². The summed E-state index contributed by atoms with van der Waals surface area (Å²) in [6, 6.07) is 7.70. The number of nitrogens with zero attached hydrogens (tertiary/aromatic N) is 3. The van der Waals surface area contributed by atoms with Crippen LogP contribution in [0.1, 0.15) is 0 Å². The van der Waals surface area contributed by atoms with Crippen LogP contribution in [0.2, 0.25) is 0 Å². The zero-order chi connectivity index (χ0) is 9.64. The second-order valence-corrected chi connectivity index (χ2v) is 3.24. The van der Waals surface area contributed by atoms with E-state index >= 15 is 0 Å². The summed E-state index contributed by atoms with van der Waals surface area (Å²) >= 11 is 1.60. The molecule has 3 rings (SSSR count). The van der Waals surface area contributed by atoms with Crippen LogP contribution < -0.4 is 0 Å². The molecule has 0 saturated heterocycles. The van der Waals surface area contributed by atoms with Crippen molar-refractivity contribution < 1.29 is 0 Å². The first-order chi connectivity index (χ1) is 6.97. The van der Waals surface area contributed by atoms with Gasteiger partial charge in [0.1, 0.15) is 11.0 Å². The molecule has 0 aliphatic rings. The van der Waals surface area contributed by atoms with Crippen LogP contribution in [0.4, 0.5) is 0 Å². The van der Waals surface area contributed by atoms with Gasteiger partial charge in [0.25, 0.3) is 0 Å². The van der Waals surface area contributed by atoms with E-state index in [1.807, 2.05) is 29.6 Å². The van der Waals surface area contributed by atoms with Gasteiger partial charge in [0.2, 0.25) is 0 Å². The monoisotopic (exact) mass is 204 g/mol. The van der Waals surface area contributed by atoms with Gasteiger partial charge in [-0.3, -0.25) is 4.98 Å². The van der Waals surface area contributed by atoms with Gasteiger partial charge in [0.15, 0.2) is 0 Å². The summed E-state index contributed by atoms with van der Waals surface area (Å²) in [4.78, 5) is 3.74. The van der Waals surface area contributed by atoms with Crippen molar-refractivity contribution in [2.24, 2.45) is 0 Å². The largest absolute Gasteiger partial charge is 0.253 e. The lowest BCUT2D eigenvalue weighted by Crippen LogP contribution is -1.63. The van der Waals surface area contributed by atoms with E-state index in [4.69, 9.17) is 0 Å². The fourth-order valence-corrected chi connectivity index (χ4v) is 1.31. The molecule has 0 spiro atoms. The molecule has 2 aromatic heterocycles. The zero-order valence-electron chi connectivity index (χ0n) is 7.29. The van der Waals surface area contributed by atoms with Crippen LogP contribution >= 0.6 is 11.3 Å². The summed E-state index contributed by atoms with van der Waals surface area (Å²) in [5.74, 6) is 0. The van der Waals surface area contributed by atoms with Crippen LogP contribution in [0.3, 0.4) is 0 Å². The third kappa shape index (κ3) is 2.14. The summed E-state index contributed by atoms with van der Waals surface area (Å²) in [5, 5.41) is 12.2. The molecular weight excluding hydrogens is 196 g/mol. The molecule has 0 aliphatic heterocycles. The number of hydrogen-bond donors (Lipinski definition) is 1. The second-order valence-electron chi connectivity index (χ2n) is 2.49. The summed E-state index contributed by atoms with van der Waals surface area (Å²) in [6.07, 6.45) is 1.77. The second kappa shape index (κ2) is 4.48. The van der Waals surface area contributed by atoms with Gasteiger partial charge in [-0.2, -0.15) is 15.4 Å². The Labute approximate surface area is 84.6 Å². The summed E-state index contributed by atoms with van der Waals surface area (Å²) < 4.78 is 0. The van der Waals surface area contributed by atoms with Gasteiger partial charge in [-0.05, 0) is 12.1 Å². The maximum Gasteiger partial charge on any atom is 0.112 e. The van der Waals surface area contributed by atoms with Gasteiger partial charge in [-0.25, -0.2) is 0 Å². The SMILES string of the molecule is c1ccc2n[nH]nc2c1.c1cscn1. The molecule has 1 aromatic carbocycles. The van der Waals surface area contributed by atoms with Gasteiger partial charge >= 0.3 is 0 Å². The molecule has 14 heavy (non-hydrogen) atoms. The number of para-hydroxylation sites is 2. The fourth-order valence-electron chi connectivity index (χ4n) is 0.962. The molecule has 1 N–H and O–H groups in total. The molecule has 0 saturated carbocycles. The number of aromatic amines is 1. The summed E-state index contributed by atoms with van der Waals surface area (Å²) in [6.45, 7) is 0. The predicted molar refractivity (Wildman–Crippen MR) is 56.0 cm³/mol. The third-order valence-electron chi connectivity index (χ3n) is 1.57. The lowest BCUT2D eigenvalue weighted by atomic mass is 10.3. The van der Waals surface area contributed by atoms with E-state index in [-0.39, 0.29) is 0 Å². The number of benzene rings is 1. The third-order valence-corrected chi connectivity index (χ3v) is 2.09. The van der Waals surface area contributed by atoms with Crippen molar-refractivity contribution >= 4 is 22.4 Å². The van der Waals surface area contributed by atoms with Crippen molar-refractivity contribution in [3.05, 3.63) is 41.4 Å². The molecule has 0 radical (unpaired) electrons. The molecule has 0 atom stereocenters. The Morgan fingerprint density at radius 3 is 2.21 bits per heavy atom. The Morgan fingerprint density at radius 2 is 1.79 bits per heavy atom. The van der Waals surface area contributed by atoms with Crippen molar-refractivity contribution in [1.29, 1.82) is 0 Å². The standard InChI is InChI=1S/C6H5N3.C3H3NS/c1-2-4-6-5(3-1)7-9-8-6;1-2-5-3-4-1/h1-4H,(H,7,8,9);1-3H. The molecule has 70 valence electrons. The van der Waals surface area contributed by atoms with Crippen LogP contribution in [0.15, 0.2) is 41.4 Å². The van der Waals surface area contributed by atoms with Crippen LogP contribution in [0.5, 0.6) is 0 Å². The van der Waals surface area contributed by atoms with Crippen molar-refractivity contribution in [3.8, 4) is 0 Å². The van der Waals surface area contributed by atoms with Gasteiger partial charge in [0, 0.05) is 11.6 Å². The minimum absolute atomic E-state index is 0.914. The van der Waals surface area contributed by atoms with E-state index in [1.165, 1.54) is 0 Å². The number of nitrogens with one attached hydrogen (secondary N) is 1. The zero-order valence-corrected chi connectivity index (χ0v) is 8.11. The average Bonchev–Trinajstić information content (AvgIpc) is 2.92. The summed E-state index contributed by atoms with van der Waals surface area (Å²) in [7, 11) is 0. The molecule has 0 bridgehead atoms. The first-order valence-electron chi connectivity index (χ1n) is 4.04. The minimum atomic E-state index is 0.914. The first kappa shape index (κ1) is 8.83.